The number of benzene rings is 1. The Labute approximate surface area is 187 Å². The lowest BCUT2D eigenvalue weighted by molar-refractivity contribution is -0.145. The Morgan fingerprint density at radius 2 is 1.66 bits per heavy atom. The van der Waals surface area contributed by atoms with Gasteiger partial charge in [-0.05, 0) is 32.9 Å². The second kappa shape index (κ2) is 11.4. The number of carbonyl (C=O) groups is 3. The van der Waals surface area contributed by atoms with Crippen LogP contribution in [0, 0.1) is 0 Å². The number of carbonyl (C=O) groups excluding carboxylic acids is 3. The lowest BCUT2D eigenvalue weighted by atomic mass is 10.1. The first-order valence-electron chi connectivity index (χ1n) is 10.0. The Morgan fingerprint density at radius 1 is 1.06 bits per heavy atom. The van der Waals surface area contributed by atoms with Crippen molar-refractivity contribution < 1.29 is 37.4 Å². The number of amides is 1. The van der Waals surface area contributed by atoms with Crippen LogP contribution < -0.4 is 4.90 Å². The number of fused-ring (bicyclic) bond motifs is 1. The van der Waals surface area contributed by atoms with Crippen molar-refractivity contribution in [3.05, 3.63) is 24.3 Å². The van der Waals surface area contributed by atoms with E-state index in [-0.39, 0.29) is 24.9 Å². The van der Waals surface area contributed by atoms with Crippen molar-refractivity contribution in [3.8, 4) is 0 Å². The third-order valence-corrected chi connectivity index (χ3v) is 7.12. The summed E-state index contributed by atoms with van der Waals surface area (Å²) in [5.41, 5.74) is 1.34. The quantitative estimate of drug-likeness (QED) is 0.402. The van der Waals surface area contributed by atoms with Gasteiger partial charge in [-0.2, -0.15) is 0 Å². The minimum atomic E-state index is -3.59. The number of hydrogen-bond acceptors (Lipinski definition) is 9. The van der Waals surface area contributed by atoms with Crippen molar-refractivity contribution in [1.29, 1.82) is 0 Å². The highest BCUT2D eigenvalue weighted by Crippen LogP contribution is 2.52. The molecule has 1 atom stereocenters. The Morgan fingerprint density at radius 3 is 2.22 bits per heavy atom. The molecule has 0 fully saturated rings. The smallest absolute Gasteiger partial charge is 0.343 e. The minimum absolute atomic E-state index is 0.0156. The van der Waals surface area contributed by atoms with Gasteiger partial charge in [-0.1, -0.05) is 12.1 Å². The van der Waals surface area contributed by atoms with Crippen LogP contribution in [0.25, 0.3) is 0 Å². The molecule has 2 rings (SSSR count). The van der Waals surface area contributed by atoms with Crippen molar-refractivity contribution in [2.45, 2.75) is 33.2 Å². The molecule has 0 saturated carbocycles. The van der Waals surface area contributed by atoms with E-state index in [0.29, 0.717) is 17.1 Å². The number of anilines is 1. The average Bonchev–Trinajstić information content (AvgIpc) is 2.89. The van der Waals surface area contributed by atoms with E-state index < -0.39 is 31.5 Å². The average molecular weight is 468 g/mol. The maximum atomic E-state index is 13.4. The van der Waals surface area contributed by atoms with E-state index in [0.717, 1.165) is 0 Å². The van der Waals surface area contributed by atoms with E-state index in [1.165, 1.54) is 26.2 Å². The molecule has 0 radical (unpaired) electrons. The van der Waals surface area contributed by atoms with Crippen molar-refractivity contribution in [1.82, 2.24) is 0 Å². The maximum Gasteiger partial charge on any atom is 0.343 e. The molecular weight excluding hydrogens is 439 g/mol. The summed E-state index contributed by atoms with van der Waals surface area (Å²) in [6, 6.07) is 5.25. The fourth-order valence-electron chi connectivity index (χ4n) is 3.39. The number of para-hydroxylation sites is 2. The van der Waals surface area contributed by atoms with Crippen LogP contribution in [0.1, 0.15) is 27.2 Å². The topological polar surface area (TPSA) is 113 Å². The first kappa shape index (κ1) is 25.7. The lowest BCUT2D eigenvalue weighted by Gasteiger charge is -2.34. The van der Waals surface area contributed by atoms with E-state index in [4.69, 9.17) is 23.0 Å². The minimum Gasteiger partial charge on any atom is -0.464 e. The number of ether oxygens (including phenoxy) is 2. The molecule has 1 aromatic carbocycles. The molecule has 0 saturated heterocycles. The van der Waals surface area contributed by atoms with Gasteiger partial charge in [0.2, 0.25) is 5.91 Å². The monoisotopic (exact) mass is 468 g/mol. The summed E-state index contributed by atoms with van der Waals surface area (Å²) in [4.78, 5) is 45.5. The highest BCUT2D eigenvalue weighted by molar-refractivity contribution is 7.65. The standard InChI is InChI=1S/C21H29N2O8P/c1-7-30-20(25)18(19(21(26)31-8-2)32(27-4,28-5)29-6)23-16-12-10-9-11-15(16)22-14(3)13-17(23)24/h9-12,18H,7-8,13H2,1-6H3. The number of esters is 2. The summed E-state index contributed by atoms with van der Waals surface area (Å²) in [5.74, 6) is -2.21. The summed E-state index contributed by atoms with van der Waals surface area (Å²) in [6.45, 7) is 4.98. The maximum absolute atomic E-state index is 13.4. The van der Waals surface area contributed by atoms with E-state index >= 15 is 0 Å². The second-order valence-corrected chi connectivity index (χ2v) is 9.15. The zero-order chi connectivity index (χ0) is 23.9. The Bertz CT molecular complexity index is 940. The highest BCUT2D eigenvalue weighted by Gasteiger charge is 2.47. The molecule has 0 bridgehead atoms. The van der Waals surface area contributed by atoms with E-state index in [2.05, 4.69) is 4.99 Å². The first-order valence-corrected chi connectivity index (χ1v) is 11.6. The van der Waals surface area contributed by atoms with Crippen LogP contribution in [0.4, 0.5) is 11.4 Å². The molecule has 32 heavy (non-hydrogen) atoms. The summed E-state index contributed by atoms with van der Waals surface area (Å²) < 4.78 is 27.0. The van der Waals surface area contributed by atoms with Crippen LogP contribution in [0.3, 0.4) is 0 Å². The van der Waals surface area contributed by atoms with Crippen LogP contribution in [0.2, 0.25) is 0 Å². The summed E-state index contributed by atoms with van der Waals surface area (Å²) in [5, 5.41) is -0.284. The van der Waals surface area contributed by atoms with Gasteiger partial charge >= 0.3 is 11.9 Å². The van der Waals surface area contributed by atoms with E-state index in [9.17, 15) is 14.4 Å². The molecule has 10 nitrogen and oxygen atoms in total. The molecule has 0 aliphatic carbocycles. The fourth-order valence-corrected chi connectivity index (χ4v) is 5.23. The van der Waals surface area contributed by atoms with Crippen LogP contribution >= 0.6 is 7.57 Å². The lowest BCUT2D eigenvalue weighted by Crippen LogP contribution is -2.54. The largest absolute Gasteiger partial charge is 0.464 e. The van der Waals surface area contributed by atoms with Gasteiger partial charge in [0.15, 0.2) is 6.04 Å². The van der Waals surface area contributed by atoms with E-state index in [1.807, 2.05) is 0 Å². The van der Waals surface area contributed by atoms with Gasteiger partial charge < -0.3 is 23.0 Å². The van der Waals surface area contributed by atoms with Crippen LogP contribution in [-0.4, -0.2) is 69.4 Å². The Balaban J connectivity index is 2.92. The molecule has 0 aromatic heterocycles. The predicted molar refractivity (Wildman–Crippen MR) is 121 cm³/mol. The number of aliphatic imine (C=N–C) groups is 1. The zero-order valence-electron chi connectivity index (χ0n) is 19.1. The third kappa shape index (κ3) is 5.10. The number of rotatable bonds is 9. The SMILES string of the molecule is CCOC(=O)C(C(C(=O)OCC)N1C(=O)CC(C)=Nc2ccccc21)=P(OC)(OC)OC. The molecule has 176 valence electrons. The van der Waals surface area contributed by atoms with Gasteiger partial charge in [0.25, 0.3) is 7.57 Å². The summed E-state index contributed by atoms with van der Waals surface area (Å²) in [6.07, 6.45) is -0.0704. The normalized spacial score (nSPS) is 14.8. The first-order chi connectivity index (χ1) is 15.3. The van der Waals surface area contributed by atoms with Gasteiger partial charge in [-0.3, -0.25) is 14.7 Å². The summed E-state index contributed by atoms with van der Waals surface area (Å²) in [7, 11) is 0.263. The van der Waals surface area contributed by atoms with Crippen molar-refractivity contribution in [2.24, 2.45) is 4.99 Å². The van der Waals surface area contributed by atoms with Gasteiger partial charge in [-0.15, -0.1) is 0 Å². The number of nitrogens with zero attached hydrogens (tertiary/aromatic N) is 2. The van der Waals surface area contributed by atoms with E-state index in [1.54, 1.807) is 45.0 Å². The Hall–Kier alpha value is -2.52. The number of hydrogen-bond donors (Lipinski definition) is 0. The zero-order valence-corrected chi connectivity index (χ0v) is 20.0. The molecule has 1 amide bonds. The Kier molecular flexibility index (Phi) is 9.15. The molecule has 1 aromatic rings. The third-order valence-electron chi connectivity index (χ3n) is 4.66. The van der Waals surface area contributed by atoms with Gasteiger partial charge in [0.1, 0.15) is 5.29 Å². The molecule has 11 heteroatoms. The highest BCUT2D eigenvalue weighted by atomic mass is 31.2. The fraction of sp³-hybridized carbons (Fsp3) is 0.476. The molecule has 0 spiro atoms. The predicted octanol–water partition coefficient (Wildman–Crippen LogP) is 2.88. The molecule has 1 unspecified atom stereocenters. The molecule has 0 N–H and O–H groups in total. The van der Waals surface area contributed by atoms with Crippen LogP contribution in [-0.2, 0) is 37.4 Å². The van der Waals surface area contributed by atoms with Crippen molar-refractivity contribution >= 4 is 47.8 Å². The van der Waals surface area contributed by atoms with Crippen molar-refractivity contribution in [2.75, 3.05) is 39.4 Å². The van der Waals surface area contributed by atoms with Crippen LogP contribution in [0.5, 0.6) is 0 Å². The van der Waals surface area contributed by atoms with Gasteiger partial charge in [0, 0.05) is 27.0 Å². The van der Waals surface area contributed by atoms with Gasteiger partial charge in [-0.25, -0.2) is 9.59 Å². The molecule has 1 aliphatic rings. The molecular formula is C21H29N2O8P. The van der Waals surface area contributed by atoms with Crippen molar-refractivity contribution in [3.63, 3.8) is 0 Å². The second-order valence-electron chi connectivity index (χ2n) is 6.58. The van der Waals surface area contributed by atoms with Crippen LogP contribution in [0.15, 0.2) is 29.3 Å². The molecule has 1 aliphatic heterocycles. The van der Waals surface area contributed by atoms with Gasteiger partial charge in [0.05, 0.1) is 31.0 Å². The summed E-state index contributed by atoms with van der Waals surface area (Å²) >= 11 is 0. The molecule has 1 heterocycles.